The van der Waals surface area contributed by atoms with Crippen LogP contribution < -0.4 is 11.1 Å². The maximum absolute atomic E-state index is 13.3. The molecule has 2 aromatic carbocycles. The van der Waals surface area contributed by atoms with Gasteiger partial charge in [-0.1, -0.05) is 24.3 Å². The smallest absolute Gasteiger partial charge is 0.332 e. The lowest BCUT2D eigenvalue weighted by molar-refractivity contribution is -0.156. The first-order valence-corrected chi connectivity index (χ1v) is 13.6. The third-order valence-electron chi connectivity index (χ3n) is 6.62. The molecule has 2 heterocycles. The molecule has 2 aliphatic rings. The molecule has 1 saturated carbocycles. The first-order chi connectivity index (χ1) is 17.6. The first kappa shape index (κ1) is 24.9. The topological polar surface area (TPSA) is 124 Å². The van der Waals surface area contributed by atoms with Crippen molar-refractivity contribution < 1.29 is 17.9 Å². The molecule has 11 heteroatoms. The Bertz CT molecular complexity index is 1600. The molecule has 1 aliphatic carbocycles. The number of sulfonamides is 1. The fraction of sp³-hybridized carbons (Fsp3) is 0.385. The molecule has 37 heavy (non-hydrogen) atoms. The number of hydrogen-bond acceptors (Lipinski definition) is 7. The predicted molar refractivity (Wildman–Crippen MR) is 140 cm³/mol. The van der Waals surface area contributed by atoms with Crippen LogP contribution in [0, 0.1) is 5.41 Å². The van der Waals surface area contributed by atoms with E-state index in [4.69, 9.17) is 4.74 Å². The fourth-order valence-electron chi connectivity index (χ4n) is 4.38. The van der Waals surface area contributed by atoms with Gasteiger partial charge in [0.25, 0.3) is 10.0 Å². The SMILES string of the molecule is CC(C)(C)C(=O)OCn1c(=O)n(C2CCC2)c2cc(/C=N/NCC3=NS(=O)(=O)c4ccccc43)ccc21. The Morgan fingerprint density at radius 3 is 2.65 bits per heavy atom. The average Bonchev–Trinajstić information content (AvgIpc) is 3.23. The Balaban J connectivity index is 1.36. The Morgan fingerprint density at radius 2 is 1.95 bits per heavy atom. The highest BCUT2D eigenvalue weighted by atomic mass is 32.2. The molecule has 1 aliphatic heterocycles. The average molecular weight is 524 g/mol. The van der Waals surface area contributed by atoms with Crippen molar-refractivity contribution in [3.8, 4) is 0 Å². The van der Waals surface area contributed by atoms with E-state index in [1.807, 2.05) is 18.2 Å². The zero-order valence-corrected chi connectivity index (χ0v) is 21.8. The molecule has 1 N–H and O–H groups in total. The van der Waals surface area contributed by atoms with Crippen molar-refractivity contribution in [2.24, 2.45) is 14.9 Å². The van der Waals surface area contributed by atoms with Gasteiger partial charge in [0.2, 0.25) is 0 Å². The number of imidazole rings is 1. The number of carbonyl (C=O) groups excluding carboxylic acids is 1. The van der Waals surface area contributed by atoms with Crippen LogP contribution in [0.15, 0.2) is 61.7 Å². The van der Waals surface area contributed by atoms with Crippen molar-refractivity contribution in [2.75, 3.05) is 6.54 Å². The first-order valence-electron chi connectivity index (χ1n) is 12.2. The monoisotopic (exact) mass is 523 g/mol. The van der Waals surface area contributed by atoms with E-state index >= 15 is 0 Å². The van der Waals surface area contributed by atoms with Gasteiger partial charge in [0.1, 0.15) is 0 Å². The Labute approximate surface area is 214 Å². The van der Waals surface area contributed by atoms with Crippen molar-refractivity contribution in [1.82, 2.24) is 14.6 Å². The Hall–Kier alpha value is -3.73. The highest BCUT2D eigenvalue weighted by Gasteiger charge is 2.29. The van der Waals surface area contributed by atoms with Crippen molar-refractivity contribution in [1.29, 1.82) is 0 Å². The van der Waals surface area contributed by atoms with Crippen molar-refractivity contribution in [3.63, 3.8) is 0 Å². The molecular weight excluding hydrogens is 494 g/mol. The zero-order valence-electron chi connectivity index (χ0n) is 21.0. The van der Waals surface area contributed by atoms with Crippen molar-refractivity contribution in [3.05, 3.63) is 64.1 Å². The second kappa shape index (κ2) is 9.29. The third kappa shape index (κ3) is 4.71. The maximum Gasteiger partial charge on any atom is 0.332 e. The molecule has 0 spiro atoms. The second-order valence-electron chi connectivity index (χ2n) is 10.3. The molecule has 5 rings (SSSR count). The highest BCUT2D eigenvalue weighted by molar-refractivity contribution is 7.90. The van der Waals surface area contributed by atoms with E-state index in [2.05, 4.69) is 14.9 Å². The van der Waals surface area contributed by atoms with E-state index in [1.165, 1.54) is 10.6 Å². The normalized spacial score (nSPS) is 17.0. The number of benzene rings is 2. The molecule has 0 atom stereocenters. The molecule has 0 saturated heterocycles. The number of esters is 1. The number of hydrazone groups is 1. The van der Waals surface area contributed by atoms with Gasteiger partial charge in [0.15, 0.2) is 6.73 Å². The molecule has 1 fully saturated rings. The lowest BCUT2D eigenvalue weighted by Gasteiger charge is -2.26. The Morgan fingerprint density at radius 1 is 1.19 bits per heavy atom. The van der Waals surface area contributed by atoms with Crippen LogP contribution in [-0.2, 0) is 26.3 Å². The van der Waals surface area contributed by atoms with Crippen LogP contribution in [0.4, 0.5) is 0 Å². The minimum atomic E-state index is -3.67. The molecule has 1 aromatic heterocycles. The predicted octanol–water partition coefficient (Wildman–Crippen LogP) is 3.19. The summed E-state index contributed by atoms with van der Waals surface area (Å²) in [6.07, 6.45) is 4.53. The summed E-state index contributed by atoms with van der Waals surface area (Å²) in [5, 5.41) is 4.24. The largest absolute Gasteiger partial charge is 0.443 e. The van der Waals surface area contributed by atoms with Gasteiger partial charge in [0, 0.05) is 11.6 Å². The van der Waals surface area contributed by atoms with Crippen molar-refractivity contribution in [2.45, 2.75) is 57.7 Å². The van der Waals surface area contributed by atoms with Gasteiger partial charge in [0.05, 0.1) is 39.8 Å². The summed E-state index contributed by atoms with van der Waals surface area (Å²) >= 11 is 0. The summed E-state index contributed by atoms with van der Waals surface area (Å²) in [4.78, 5) is 25.8. The third-order valence-corrected chi connectivity index (χ3v) is 7.99. The Kier molecular flexibility index (Phi) is 6.26. The van der Waals surface area contributed by atoms with E-state index in [9.17, 15) is 18.0 Å². The zero-order chi connectivity index (χ0) is 26.4. The molecule has 194 valence electrons. The van der Waals surface area contributed by atoms with Crippen LogP contribution >= 0.6 is 0 Å². The van der Waals surface area contributed by atoms with Gasteiger partial charge >= 0.3 is 11.7 Å². The second-order valence-corrected chi connectivity index (χ2v) is 11.9. The van der Waals surface area contributed by atoms with E-state index in [0.29, 0.717) is 16.8 Å². The van der Waals surface area contributed by atoms with Crippen LogP contribution in [0.25, 0.3) is 11.0 Å². The summed E-state index contributed by atoms with van der Waals surface area (Å²) in [6, 6.07) is 12.3. The molecule has 0 radical (unpaired) electrons. The minimum Gasteiger partial charge on any atom is -0.443 e. The number of carbonyl (C=O) groups is 1. The van der Waals surface area contributed by atoms with Gasteiger partial charge in [-0.05, 0) is 63.8 Å². The number of fused-ring (bicyclic) bond motifs is 2. The summed E-state index contributed by atoms with van der Waals surface area (Å²) < 4.78 is 37.0. The minimum absolute atomic E-state index is 0.113. The standard InChI is InChI=1S/C26H29N5O5S/c1-26(2,3)24(32)36-16-30-21-12-11-17(13-22(21)31(25(30)33)18-7-6-8-18)14-27-28-15-20-19-9-4-5-10-23(19)37(34,35)29-20/h4-5,9-14,18,28H,6-8,15-16H2,1-3H3/b27-14+. The van der Waals surface area contributed by atoms with Gasteiger partial charge in [-0.15, -0.1) is 0 Å². The molecule has 3 aromatic rings. The summed E-state index contributed by atoms with van der Waals surface area (Å²) in [6.45, 7) is 5.31. The van der Waals surface area contributed by atoms with E-state index in [1.54, 1.807) is 49.8 Å². The van der Waals surface area contributed by atoms with Gasteiger partial charge in [-0.25, -0.2) is 4.79 Å². The molecule has 10 nitrogen and oxygen atoms in total. The van der Waals surface area contributed by atoms with E-state index < -0.39 is 15.4 Å². The van der Waals surface area contributed by atoms with E-state index in [-0.39, 0.29) is 35.9 Å². The number of nitrogens with zero attached hydrogens (tertiary/aromatic N) is 4. The number of nitrogens with one attached hydrogen (secondary N) is 1. The number of aromatic nitrogens is 2. The molecule has 0 unspecified atom stereocenters. The molecule has 0 bridgehead atoms. The van der Waals surface area contributed by atoms with Crippen LogP contribution in [0.2, 0.25) is 0 Å². The summed E-state index contributed by atoms with van der Waals surface area (Å²) in [5.41, 5.74) is 5.19. The lowest BCUT2D eigenvalue weighted by Crippen LogP contribution is -2.32. The van der Waals surface area contributed by atoms with E-state index in [0.717, 1.165) is 30.3 Å². The van der Waals surface area contributed by atoms with Crippen LogP contribution in [0.1, 0.15) is 57.2 Å². The van der Waals surface area contributed by atoms with Gasteiger partial charge in [-0.2, -0.15) is 17.9 Å². The van der Waals surface area contributed by atoms with Crippen molar-refractivity contribution >= 4 is 39.0 Å². The van der Waals surface area contributed by atoms with Gasteiger partial charge in [-0.3, -0.25) is 13.9 Å². The number of ether oxygens (including phenoxy) is 1. The maximum atomic E-state index is 13.3. The van der Waals surface area contributed by atoms with Gasteiger partial charge < -0.3 is 10.2 Å². The number of rotatable bonds is 7. The quantitative estimate of drug-likeness (QED) is 0.288. The lowest BCUT2D eigenvalue weighted by atomic mass is 9.93. The van der Waals surface area contributed by atoms with Crippen LogP contribution in [0.5, 0.6) is 0 Å². The van der Waals surface area contributed by atoms with Crippen LogP contribution in [-0.4, -0.2) is 42.0 Å². The molecular formula is C26H29N5O5S. The number of hydrogen-bond donors (Lipinski definition) is 1. The molecule has 0 amide bonds. The highest BCUT2D eigenvalue weighted by Crippen LogP contribution is 2.33. The summed E-state index contributed by atoms with van der Waals surface area (Å²) in [7, 11) is -3.67. The fourth-order valence-corrected chi connectivity index (χ4v) is 5.65. The summed E-state index contributed by atoms with van der Waals surface area (Å²) in [5.74, 6) is -0.374. The van der Waals surface area contributed by atoms with Crippen LogP contribution in [0.3, 0.4) is 0 Å².